The van der Waals surface area contributed by atoms with Gasteiger partial charge in [-0.15, -0.1) is 0 Å². The highest BCUT2D eigenvalue weighted by Gasteiger charge is 2.40. The first-order valence-electron chi connectivity index (χ1n) is 11.2. The minimum atomic E-state index is -0.473. The highest BCUT2D eigenvalue weighted by molar-refractivity contribution is 9.10. The quantitative estimate of drug-likeness (QED) is 0.312. The minimum Gasteiger partial charge on any atom is -0.351 e. The maximum atomic E-state index is 13.6. The van der Waals surface area contributed by atoms with Crippen molar-refractivity contribution in [2.24, 2.45) is 0 Å². The van der Waals surface area contributed by atoms with E-state index in [-0.39, 0.29) is 11.5 Å². The molecule has 3 aromatic carbocycles. The zero-order valence-electron chi connectivity index (χ0n) is 19.2. The Labute approximate surface area is 218 Å². The number of nitriles is 1. The summed E-state index contributed by atoms with van der Waals surface area (Å²) in [6.45, 7) is 2.37. The normalized spacial score (nSPS) is 16.7. The Bertz CT molecular complexity index is 1300. The lowest BCUT2D eigenvalue weighted by atomic mass is 10.1. The second-order valence-corrected chi connectivity index (χ2v) is 10.3. The number of anilines is 1. The number of halogens is 1. The van der Waals surface area contributed by atoms with E-state index in [0.717, 1.165) is 21.2 Å². The number of hydrogen-bond acceptors (Lipinski definition) is 4. The van der Waals surface area contributed by atoms with Gasteiger partial charge in [-0.3, -0.25) is 14.5 Å². The molecule has 1 fully saturated rings. The van der Waals surface area contributed by atoms with Crippen LogP contribution in [0.15, 0.2) is 93.9 Å². The zero-order valence-corrected chi connectivity index (χ0v) is 21.6. The summed E-state index contributed by atoms with van der Waals surface area (Å²) in [5.74, 6) is -0.613. The summed E-state index contributed by atoms with van der Waals surface area (Å²) in [5.41, 5.74) is 3.75. The van der Waals surface area contributed by atoms with E-state index < -0.39 is 11.2 Å². The molecule has 35 heavy (non-hydrogen) atoms. The molecule has 1 saturated heterocycles. The monoisotopic (exact) mass is 545 g/mol. The van der Waals surface area contributed by atoms with Crippen molar-refractivity contribution in [2.75, 3.05) is 11.4 Å². The number of nitrogens with zero attached hydrogens (tertiary/aromatic N) is 2. The maximum Gasteiger partial charge on any atom is 0.264 e. The topological polar surface area (TPSA) is 73.2 Å². The van der Waals surface area contributed by atoms with Gasteiger partial charge in [0, 0.05) is 16.7 Å². The van der Waals surface area contributed by atoms with Crippen LogP contribution in [0.2, 0.25) is 0 Å². The summed E-state index contributed by atoms with van der Waals surface area (Å²) in [6.07, 6.45) is 1.14. The minimum absolute atomic E-state index is 0.0475. The smallest absolute Gasteiger partial charge is 0.264 e. The van der Waals surface area contributed by atoms with Crippen molar-refractivity contribution in [3.8, 4) is 6.07 Å². The van der Waals surface area contributed by atoms with Crippen molar-refractivity contribution >= 4 is 45.2 Å². The van der Waals surface area contributed by atoms with Gasteiger partial charge in [0.15, 0.2) is 0 Å². The second-order valence-electron chi connectivity index (χ2n) is 8.23. The average Bonchev–Trinajstić information content (AvgIpc) is 3.16. The number of benzene rings is 3. The summed E-state index contributed by atoms with van der Waals surface area (Å²) >= 11 is 4.76. The molecule has 0 aliphatic carbocycles. The van der Waals surface area contributed by atoms with Gasteiger partial charge in [-0.2, -0.15) is 5.26 Å². The van der Waals surface area contributed by atoms with Crippen molar-refractivity contribution in [1.29, 1.82) is 5.26 Å². The van der Waals surface area contributed by atoms with Crippen LogP contribution in [0.25, 0.3) is 0 Å². The molecule has 176 valence electrons. The zero-order chi connectivity index (χ0) is 24.8. The van der Waals surface area contributed by atoms with Crippen LogP contribution in [0.4, 0.5) is 5.69 Å². The van der Waals surface area contributed by atoms with Gasteiger partial charge < -0.3 is 5.32 Å². The molecule has 7 heteroatoms. The first-order valence-corrected chi connectivity index (χ1v) is 12.9. The number of aryl methyl sites for hydroxylation is 1. The largest absolute Gasteiger partial charge is 0.351 e. The Hall–Kier alpha value is -3.34. The van der Waals surface area contributed by atoms with Crippen molar-refractivity contribution in [3.05, 3.63) is 111 Å². The van der Waals surface area contributed by atoms with Crippen molar-refractivity contribution in [1.82, 2.24) is 5.32 Å². The lowest BCUT2D eigenvalue weighted by Gasteiger charge is -2.19. The number of nitrogens with one attached hydrogen (secondary N) is 1. The van der Waals surface area contributed by atoms with Crippen LogP contribution in [-0.4, -0.2) is 23.6 Å². The molecule has 1 N–H and O–H groups in total. The van der Waals surface area contributed by atoms with Crippen LogP contribution in [0.5, 0.6) is 0 Å². The first kappa shape index (κ1) is 24.8. The summed E-state index contributed by atoms with van der Waals surface area (Å²) < 4.78 is 0.937. The molecule has 0 spiro atoms. The number of thioether (sulfide) groups is 1. The molecular weight excluding hydrogens is 522 g/mol. The van der Waals surface area contributed by atoms with Gasteiger partial charge in [0.05, 0.1) is 5.25 Å². The van der Waals surface area contributed by atoms with E-state index in [1.807, 2.05) is 85.8 Å². The average molecular weight is 546 g/mol. The molecule has 4 rings (SSSR count). The standard InChI is InChI=1S/C28H24BrN3O2S/c1-19-10-12-23(13-11-19)32-27(34)25(17-21-8-5-9-22(29)16-21)35-28(32)24(18-30)26(33)31-15-14-20-6-3-2-4-7-20/h2-13,16,25H,14-15,17H2,1H3,(H,31,33). The van der Waals surface area contributed by atoms with Crippen LogP contribution in [0.3, 0.4) is 0 Å². The van der Waals surface area contributed by atoms with Gasteiger partial charge in [-0.05, 0) is 55.2 Å². The summed E-state index contributed by atoms with van der Waals surface area (Å²) in [5, 5.41) is 12.7. The van der Waals surface area contributed by atoms with E-state index >= 15 is 0 Å². The Morgan fingerprint density at radius 2 is 1.77 bits per heavy atom. The highest BCUT2D eigenvalue weighted by Crippen LogP contribution is 2.42. The molecule has 1 unspecified atom stereocenters. The van der Waals surface area contributed by atoms with Gasteiger partial charge in [-0.1, -0.05) is 87.9 Å². The summed E-state index contributed by atoms with van der Waals surface area (Å²) in [6, 6.07) is 27.2. The highest BCUT2D eigenvalue weighted by atomic mass is 79.9. The number of carbonyl (C=O) groups is 2. The SMILES string of the molecule is Cc1ccc(N2C(=O)C(Cc3cccc(Br)c3)SC2=C(C#N)C(=O)NCCc2ccccc2)cc1. The Kier molecular flexibility index (Phi) is 8.06. The summed E-state index contributed by atoms with van der Waals surface area (Å²) in [7, 11) is 0. The Balaban J connectivity index is 1.62. The fourth-order valence-electron chi connectivity index (χ4n) is 3.85. The lowest BCUT2D eigenvalue weighted by Crippen LogP contribution is -2.32. The number of hydrogen-bond donors (Lipinski definition) is 1. The third kappa shape index (κ3) is 6.02. The van der Waals surface area contributed by atoms with Gasteiger partial charge in [0.1, 0.15) is 16.7 Å². The van der Waals surface area contributed by atoms with E-state index in [0.29, 0.717) is 30.1 Å². The van der Waals surface area contributed by atoms with Crippen molar-refractivity contribution in [2.45, 2.75) is 25.0 Å². The predicted octanol–water partition coefficient (Wildman–Crippen LogP) is 5.54. The van der Waals surface area contributed by atoms with E-state index in [9.17, 15) is 14.9 Å². The molecule has 0 aromatic heterocycles. The van der Waals surface area contributed by atoms with E-state index in [4.69, 9.17) is 0 Å². The first-order chi connectivity index (χ1) is 17.0. The van der Waals surface area contributed by atoms with Crippen LogP contribution in [0.1, 0.15) is 16.7 Å². The van der Waals surface area contributed by atoms with Gasteiger partial charge in [-0.25, -0.2) is 0 Å². The fourth-order valence-corrected chi connectivity index (χ4v) is 5.60. The molecule has 0 saturated carbocycles. The van der Waals surface area contributed by atoms with Crippen LogP contribution >= 0.6 is 27.7 Å². The number of carbonyl (C=O) groups excluding carboxylic acids is 2. The third-order valence-electron chi connectivity index (χ3n) is 5.65. The predicted molar refractivity (Wildman–Crippen MR) is 144 cm³/mol. The fraction of sp³-hybridized carbons (Fsp3) is 0.179. The van der Waals surface area contributed by atoms with E-state index in [1.165, 1.54) is 16.7 Å². The second kappa shape index (κ2) is 11.4. The molecule has 0 radical (unpaired) electrons. The number of amides is 2. The van der Waals surface area contributed by atoms with Gasteiger partial charge >= 0.3 is 0 Å². The number of rotatable bonds is 7. The maximum absolute atomic E-state index is 13.6. The molecule has 1 aliphatic rings. The van der Waals surface area contributed by atoms with Crippen LogP contribution in [0, 0.1) is 18.3 Å². The molecular formula is C28H24BrN3O2S. The van der Waals surface area contributed by atoms with Crippen LogP contribution < -0.4 is 10.2 Å². The molecule has 2 amide bonds. The Morgan fingerprint density at radius 1 is 1.06 bits per heavy atom. The Morgan fingerprint density at radius 3 is 2.46 bits per heavy atom. The van der Waals surface area contributed by atoms with E-state index in [2.05, 4.69) is 27.3 Å². The van der Waals surface area contributed by atoms with Crippen molar-refractivity contribution < 1.29 is 9.59 Å². The van der Waals surface area contributed by atoms with Crippen molar-refractivity contribution in [3.63, 3.8) is 0 Å². The van der Waals surface area contributed by atoms with Crippen LogP contribution in [-0.2, 0) is 22.4 Å². The molecule has 1 heterocycles. The molecule has 1 aliphatic heterocycles. The summed E-state index contributed by atoms with van der Waals surface area (Å²) in [4.78, 5) is 28.1. The molecule has 1 atom stereocenters. The molecule has 3 aromatic rings. The van der Waals surface area contributed by atoms with E-state index in [1.54, 1.807) is 0 Å². The molecule has 0 bridgehead atoms. The molecule has 5 nitrogen and oxygen atoms in total. The van der Waals surface area contributed by atoms with Gasteiger partial charge in [0.25, 0.3) is 5.91 Å². The lowest BCUT2D eigenvalue weighted by molar-refractivity contribution is -0.117. The van der Waals surface area contributed by atoms with Gasteiger partial charge in [0.2, 0.25) is 5.91 Å². The third-order valence-corrected chi connectivity index (χ3v) is 7.41.